The Balaban J connectivity index is 2.22. The summed E-state index contributed by atoms with van der Waals surface area (Å²) in [6, 6.07) is 1.72. The van der Waals surface area contributed by atoms with Gasteiger partial charge in [-0.1, -0.05) is 0 Å². The summed E-state index contributed by atoms with van der Waals surface area (Å²) in [6.45, 7) is 3.46. The van der Waals surface area contributed by atoms with E-state index in [2.05, 4.69) is 15.3 Å². The zero-order valence-corrected chi connectivity index (χ0v) is 9.02. The SMILES string of the molecule is Cc1cc(C)nc(NC2(C(F)(F)F)CC2)n1. The molecule has 3 nitrogen and oxygen atoms in total. The normalized spacial score (nSPS) is 18.3. The van der Waals surface area contributed by atoms with Gasteiger partial charge in [0.05, 0.1) is 0 Å². The Kier molecular flexibility index (Phi) is 2.32. The molecule has 1 saturated carbocycles. The van der Waals surface area contributed by atoms with Crippen LogP contribution in [0.5, 0.6) is 0 Å². The van der Waals surface area contributed by atoms with Crippen LogP contribution < -0.4 is 5.32 Å². The minimum absolute atomic E-state index is 0.0623. The predicted octanol–water partition coefficient (Wildman–Crippen LogP) is 2.60. The van der Waals surface area contributed by atoms with Crippen molar-refractivity contribution in [2.45, 2.75) is 38.4 Å². The van der Waals surface area contributed by atoms with E-state index in [0.717, 1.165) is 0 Å². The second kappa shape index (κ2) is 3.33. The number of alkyl halides is 3. The fourth-order valence-corrected chi connectivity index (χ4v) is 1.60. The van der Waals surface area contributed by atoms with E-state index in [1.807, 2.05) is 0 Å². The zero-order valence-electron chi connectivity index (χ0n) is 9.02. The summed E-state index contributed by atoms with van der Waals surface area (Å²) in [7, 11) is 0. The molecule has 0 unspecified atom stereocenters. The molecule has 1 aliphatic carbocycles. The Bertz CT molecular complexity index is 390. The number of rotatable bonds is 2. The molecule has 0 atom stereocenters. The van der Waals surface area contributed by atoms with Gasteiger partial charge >= 0.3 is 6.18 Å². The van der Waals surface area contributed by atoms with E-state index in [1.165, 1.54) is 0 Å². The topological polar surface area (TPSA) is 37.8 Å². The lowest BCUT2D eigenvalue weighted by Gasteiger charge is -2.20. The highest BCUT2D eigenvalue weighted by molar-refractivity contribution is 5.36. The minimum atomic E-state index is -4.24. The first-order valence-electron chi connectivity index (χ1n) is 5.00. The molecular formula is C10H12F3N3. The molecule has 6 heteroatoms. The molecule has 0 aliphatic heterocycles. The van der Waals surface area contributed by atoms with Crippen molar-refractivity contribution in [1.29, 1.82) is 0 Å². The van der Waals surface area contributed by atoms with Gasteiger partial charge in [0.15, 0.2) is 0 Å². The van der Waals surface area contributed by atoms with Crippen molar-refractivity contribution in [2.24, 2.45) is 0 Å². The van der Waals surface area contributed by atoms with E-state index in [-0.39, 0.29) is 18.8 Å². The molecule has 0 saturated heterocycles. The molecule has 2 rings (SSSR count). The van der Waals surface area contributed by atoms with Gasteiger partial charge in [-0.2, -0.15) is 13.2 Å². The van der Waals surface area contributed by atoms with Crippen molar-refractivity contribution in [3.05, 3.63) is 17.5 Å². The van der Waals surface area contributed by atoms with Crippen molar-refractivity contribution in [3.8, 4) is 0 Å². The summed E-state index contributed by atoms with van der Waals surface area (Å²) in [5.74, 6) is 0.0623. The van der Waals surface area contributed by atoms with Gasteiger partial charge in [-0.3, -0.25) is 0 Å². The maximum atomic E-state index is 12.7. The summed E-state index contributed by atoms with van der Waals surface area (Å²) in [6.07, 6.45) is -4.06. The van der Waals surface area contributed by atoms with Gasteiger partial charge in [0.1, 0.15) is 5.54 Å². The Morgan fingerprint density at radius 3 is 2.06 bits per heavy atom. The van der Waals surface area contributed by atoms with Crippen LogP contribution in [0.15, 0.2) is 6.07 Å². The van der Waals surface area contributed by atoms with Gasteiger partial charge in [0.25, 0.3) is 0 Å². The van der Waals surface area contributed by atoms with E-state index in [9.17, 15) is 13.2 Å². The lowest BCUT2D eigenvalue weighted by atomic mass is 10.2. The third-order valence-electron chi connectivity index (χ3n) is 2.63. The van der Waals surface area contributed by atoms with Crippen LogP contribution in [0, 0.1) is 13.8 Å². The van der Waals surface area contributed by atoms with Crippen molar-refractivity contribution in [1.82, 2.24) is 9.97 Å². The molecule has 1 aliphatic rings. The van der Waals surface area contributed by atoms with E-state index in [1.54, 1.807) is 19.9 Å². The van der Waals surface area contributed by atoms with Crippen molar-refractivity contribution < 1.29 is 13.2 Å². The summed E-state index contributed by atoms with van der Waals surface area (Å²) >= 11 is 0. The molecule has 0 bridgehead atoms. The predicted molar refractivity (Wildman–Crippen MR) is 53.1 cm³/mol. The molecule has 88 valence electrons. The van der Waals surface area contributed by atoms with Gasteiger partial charge in [-0.25, -0.2) is 9.97 Å². The van der Waals surface area contributed by atoms with Crippen molar-refractivity contribution in [3.63, 3.8) is 0 Å². The minimum Gasteiger partial charge on any atom is -0.340 e. The third kappa shape index (κ3) is 1.96. The summed E-state index contributed by atoms with van der Waals surface area (Å²) in [5.41, 5.74) is -0.478. The second-order valence-electron chi connectivity index (χ2n) is 4.18. The number of hydrogen-bond donors (Lipinski definition) is 1. The van der Waals surface area contributed by atoms with Crippen LogP contribution >= 0.6 is 0 Å². The Hall–Kier alpha value is -1.33. The van der Waals surface area contributed by atoms with E-state index in [0.29, 0.717) is 11.4 Å². The summed E-state index contributed by atoms with van der Waals surface area (Å²) in [4.78, 5) is 7.90. The first kappa shape index (κ1) is 11.2. The number of anilines is 1. The smallest absolute Gasteiger partial charge is 0.340 e. The lowest BCUT2D eigenvalue weighted by Crippen LogP contribution is -2.39. The fraction of sp³-hybridized carbons (Fsp3) is 0.600. The number of nitrogens with one attached hydrogen (secondary N) is 1. The second-order valence-corrected chi connectivity index (χ2v) is 4.18. The Morgan fingerprint density at radius 1 is 1.19 bits per heavy atom. The number of hydrogen-bond acceptors (Lipinski definition) is 3. The van der Waals surface area contributed by atoms with Gasteiger partial charge in [-0.15, -0.1) is 0 Å². The molecule has 0 amide bonds. The number of halogens is 3. The van der Waals surface area contributed by atoms with Crippen molar-refractivity contribution in [2.75, 3.05) is 5.32 Å². The highest BCUT2D eigenvalue weighted by Gasteiger charge is 2.64. The lowest BCUT2D eigenvalue weighted by molar-refractivity contribution is -0.151. The van der Waals surface area contributed by atoms with E-state index >= 15 is 0 Å². The summed E-state index contributed by atoms with van der Waals surface area (Å²) < 4.78 is 38.0. The molecule has 0 aromatic carbocycles. The first-order valence-corrected chi connectivity index (χ1v) is 5.00. The fourth-order valence-electron chi connectivity index (χ4n) is 1.60. The van der Waals surface area contributed by atoms with Crippen LogP contribution in [0.4, 0.5) is 19.1 Å². The largest absolute Gasteiger partial charge is 0.411 e. The van der Waals surface area contributed by atoms with E-state index < -0.39 is 11.7 Å². The van der Waals surface area contributed by atoms with Gasteiger partial charge in [0, 0.05) is 11.4 Å². The van der Waals surface area contributed by atoms with Crippen LogP contribution in [0.3, 0.4) is 0 Å². The highest BCUT2D eigenvalue weighted by Crippen LogP contribution is 2.50. The van der Waals surface area contributed by atoms with Crippen LogP contribution in [0.25, 0.3) is 0 Å². The molecule has 1 heterocycles. The third-order valence-corrected chi connectivity index (χ3v) is 2.63. The maximum Gasteiger partial charge on any atom is 0.411 e. The highest BCUT2D eigenvalue weighted by atomic mass is 19.4. The quantitative estimate of drug-likeness (QED) is 0.850. The molecule has 1 aromatic heterocycles. The molecule has 0 radical (unpaired) electrons. The molecule has 1 N–H and O–H groups in total. The molecule has 1 fully saturated rings. The van der Waals surface area contributed by atoms with Crippen LogP contribution in [-0.4, -0.2) is 21.7 Å². The Labute approximate surface area is 91.1 Å². The molecule has 1 aromatic rings. The van der Waals surface area contributed by atoms with Crippen molar-refractivity contribution >= 4 is 5.95 Å². The van der Waals surface area contributed by atoms with Gasteiger partial charge in [-0.05, 0) is 32.8 Å². The average molecular weight is 231 g/mol. The molecule has 0 spiro atoms. The van der Waals surface area contributed by atoms with Crippen LogP contribution in [-0.2, 0) is 0 Å². The zero-order chi connectivity index (χ0) is 12.0. The van der Waals surface area contributed by atoms with Crippen LogP contribution in [0.1, 0.15) is 24.2 Å². The summed E-state index contributed by atoms with van der Waals surface area (Å²) in [5, 5.41) is 2.40. The van der Waals surface area contributed by atoms with Gasteiger partial charge in [0.2, 0.25) is 5.95 Å². The standard InChI is InChI=1S/C10H12F3N3/c1-6-5-7(2)15-8(14-6)16-9(3-4-9)10(11,12)13/h5H,3-4H2,1-2H3,(H,14,15,16). The number of aromatic nitrogens is 2. The Morgan fingerprint density at radius 2 is 1.69 bits per heavy atom. The average Bonchev–Trinajstić information content (AvgIpc) is 2.81. The van der Waals surface area contributed by atoms with Gasteiger partial charge < -0.3 is 5.32 Å². The van der Waals surface area contributed by atoms with Crippen LogP contribution in [0.2, 0.25) is 0 Å². The number of aryl methyl sites for hydroxylation is 2. The monoisotopic (exact) mass is 231 g/mol. The maximum absolute atomic E-state index is 12.7. The molecule has 16 heavy (non-hydrogen) atoms. The number of nitrogens with zero attached hydrogens (tertiary/aromatic N) is 2. The molecular weight excluding hydrogens is 219 g/mol. The van der Waals surface area contributed by atoms with E-state index in [4.69, 9.17) is 0 Å². The first-order chi connectivity index (χ1) is 7.32.